The molecular formula is C25H28N2O2. The second-order valence-corrected chi connectivity index (χ2v) is 7.67. The van der Waals surface area contributed by atoms with Gasteiger partial charge in [0.2, 0.25) is 0 Å². The first-order chi connectivity index (χ1) is 14.2. The number of benzene rings is 3. The van der Waals surface area contributed by atoms with E-state index in [2.05, 4.69) is 34.5 Å². The van der Waals surface area contributed by atoms with Crippen LogP contribution in [0.2, 0.25) is 0 Å². The van der Waals surface area contributed by atoms with Crippen molar-refractivity contribution in [1.29, 1.82) is 0 Å². The number of ether oxygens (including phenoxy) is 1. The first kappa shape index (κ1) is 19.3. The zero-order valence-electron chi connectivity index (χ0n) is 16.9. The van der Waals surface area contributed by atoms with Crippen LogP contribution in [0.3, 0.4) is 0 Å². The van der Waals surface area contributed by atoms with Crippen LogP contribution in [0.1, 0.15) is 31.7 Å². The van der Waals surface area contributed by atoms with E-state index in [0.717, 1.165) is 35.2 Å². The largest absolute Gasteiger partial charge is 0.480 e. The van der Waals surface area contributed by atoms with E-state index >= 15 is 0 Å². The molecule has 1 aliphatic rings. The Hall–Kier alpha value is -3.01. The molecule has 3 aromatic rings. The van der Waals surface area contributed by atoms with Gasteiger partial charge < -0.3 is 15.0 Å². The van der Waals surface area contributed by atoms with Crippen molar-refractivity contribution in [3.8, 4) is 5.75 Å². The van der Waals surface area contributed by atoms with Gasteiger partial charge in [-0.05, 0) is 55.3 Å². The van der Waals surface area contributed by atoms with E-state index in [-0.39, 0.29) is 5.91 Å². The number of anilines is 1. The molecule has 0 aliphatic carbocycles. The number of hydrogen-bond acceptors (Lipinski definition) is 3. The Bertz CT molecular complexity index is 957. The summed E-state index contributed by atoms with van der Waals surface area (Å²) in [5, 5.41) is 5.11. The molecule has 150 valence electrons. The summed E-state index contributed by atoms with van der Waals surface area (Å²) in [6.07, 6.45) is 3.31. The molecule has 3 aromatic carbocycles. The van der Waals surface area contributed by atoms with Crippen LogP contribution in [0.25, 0.3) is 10.8 Å². The maximum Gasteiger partial charge on any atom is 0.261 e. The molecule has 4 heteroatoms. The lowest BCUT2D eigenvalue weighted by molar-refractivity contribution is -0.127. The number of nitrogens with one attached hydrogen (secondary N) is 1. The van der Waals surface area contributed by atoms with E-state index in [9.17, 15) is 4.79 Å². The predicted octanol–water partition coefficient (Wildman–Crippen LogP) is 4.91. The smallest absolute Gasteiger partial charge is 0.261 e. The number of piperidine rings is 1. The summed E-state index contributed by atoms with van der Waals surface area (Å²) in [7, 11) is 0. The van der Waals surface area contributed by atoms with Crippen molar-refractivity contribution in [2.75, 3.05) is 18.0 Å². The number of nitrogens with zero attached hydrogens (tertiary/aromatic N) is 1. The Morgan fingerprint density at radius 3 is 2.48 bits per heavy atom. The van der Waals surface area contributed by atoms with Gasteiger partial charge in [0.15, 0.2) is 6.10 Å². The van der Waals surface area contributed by atoms with E-state index in [4.69, 9.17) is 4.74 Å². The third-order valence-electron chi connectivity index (χ3n) is 5.55. The average molecular weight is 389 g/mol. The van der Waals surface area contributed by atoms with Gasteiger partial charge in [-0.1, -0.05) is 48.5 Å². The Morgan fingerprint density at radius 1 is 0.966 bits per heavy atom. The topological polar surface area (TPSA) is 41.6 Å². The van der Waals surface area contributed by atoms with Gasteiger partial charge in [-0.25, -0.2) is 0 Å². The Balaban J connectivity index is 1.33. The molecule has 1 unspecified atom stereocenters. The monoisotopic (exact) mass is 388 g/mol. The van der Waals surface area contributed by atoms with E-state index in [1.165, 1.54) is 24.9 Å². The van der Waals surface area contributed by atoms with Crippen LogP contribution < -0.4 is 15.0 Å². The normalized spacial score (nSPS) is 15.1. The van der Waals surface area contributed by atoms with Crippen molar-refractivity contribution < 1.29 is 9.53 Å². The molecule has 1 atom stereocenters. The summed E-state index contributed by atoms with van der Waals surface area (Å²) < 4.78 is 5.96. The fourth-order valence-electron chi connectivity index (χ4n) is 3.85. The van der Waals surface area contributed by atoms with Crippen molar-refractivity contribution in [3.63, 3.8) is 0 Å². The molecule has 1 amide bonds. The van der Waals surface area contributed by atoms with Crippen molar-refractivity contribution in [1.82, 2.24) is 5.32 Å². The highest BCUT2D eigenvalue weighted by molar-refractivity contribution is 5.89. The van der Waals surface area contributed by atoms with Gasteiger partial charge >= 0.3 is 0 Å². The average Bonchev–Trinajstić information content (AvgIpc) is 2.78. The number of fused-ring (bicyclic) bond motifs is 1. The Morgan fingerprint density at radius 2 is 1.69 bits per heavy atom. The minimum absolute atomic E-state index is 0.113. The fraction of sp³-hybridized carbons (Fsp3) is 0.320. The van der Waals surface area contributed by atoms with Crippen molar-refractivity contribution in [2.24, 2.45) is 0 Å². The van der Waals surface area contributed by atoms with E-state index in [0.29, 0.717) is 6.54 Å². The predicted molar refractivity (Wildman–Crippen MR) is 118 cm³/mol. The molecule has 0 spiro atoms. The highest BCUT2D eigenvalue weighted by Crippen LogP contribution is 2.26. The van der Waals surface area contributed by atoms with E-state index < -0.39 is 6.10 Å². The summed E-state index contributed by atoms with van der Waals surface area (Å²) in [5.74, 6) is 0.620. The summed E-state index contributed by atoms with van der Waals surface area (Å²) in [4.78, 5) is 15.0. The molecule has 1 heterocycles. The molecule has 0 aromatic heterocycles. The third-order valence-corrected chi connectivity index (χ3v) is 5.55. The molecule has 29 heavy (non-hydrogen) atoms. The zero-order chi connectivity index (χ0) is 20.1. The van der Waals surface area contributed by atoms with Gasteiger partial charge in [0.05, 0.1) is 0 Å². The molecule has 0 radical (unpaired) electrons. The quantitative estimate of drug-likeness (QED) is 0.652. The molecule has 0 saturated carbocycles. The molecule has 4 nitrogen and oxygen atoms in total. The number of hydrogen-bond donors (Lipinski definition) is 1. The maximum atomic E-state index is 12.5. The van der Waals surface area contributed by atoms with Crippen LogP contribution in [0.5, 0.6) is 5.75 Å². The molecule has 1 N–H and O–H groups in total. The summed E-state index contributed by atoms with van der Waals surface area (Å²) >= 11 is 0. The maximum absolute atomic E-state index is 12.5. The standard InChI is InChI=1S/C25H28N2O2/c1-19(29-24-11-7-9-21-8-3-4-10-23(21)24)25(28)26-18-20-12-14-22(15-13-20)27-16-5-2-6-17-27/h3-4,7-15,19H,2,5-6,16-18H2,1H3,(H,26,28). The first-order valence-electron chi connectivity index (χ1n) is 10.5. The van der Waals surface area contributed by atoms with Gasteiger partial charge in [0.25, 0.3) is 5.91 Å². The first-order valence-corrected chi connectivity index (χ1v) is 10.5. The summed E-state index contributed by atoms with van der Waals surface area (Å²) in [5.41, 5.74) is 2.36. The van der Waals surface area contributed by atoms with Crippen LogP contribution in [-0.2, 0) is 11.3 Å². The number of amides is 1. The molecular weight excluding hydrogens is 360 g/mol. The number of rotatable bonds is 6. The van der Waals surface area contributed by atoms with Crippen LogP contribution >= 0.6 is 0 Å². The van der Waals surface area contributed by atoms with Gasteiger partial charge in [-0.2, -0.15) is 0 Å². The van der Waals surface area contributed by atoms with Crippen LogP contribution in [0.15, 0.2) is 66.7 Å². The molecule has 4 rings (SSSR count). The van der Waals surface area contributed by atoms with Gasteiger partial charge in [-0.3, -0.25) is 4.79 Å². The van der Waals surface area contributed by atoms with Crippen molar-refractivity contribution in [2.45, 2.75) is 38.8 Å². The molecule has 1 saturated heterocycles. The summed E-state index contributed by atoms with van der Waals surface area (Å²) in [6, 6.07) is 22.4. The van der Waals surface area contributed by atoms with Gasteiger partial charge in [0, 0.05) is 30.7 Å². The third kappa shape index (κ3) is 4.70. The van der Waals surface area contributed by atoms with E-state index in [1.807, 2.05) is 42.5 Å². The number of carbonyl (C=O) groups excluding carboxylic acids is 1. The van der Waals surface area contributed by atoms with Crippen LogP contribution in [-0.4, -0.2) is 25.1 Å². The highest BCUT2D eigenvalue weighted by atomic mass is 16.5. The number of carbonyl (C=O) groups is 1. The van der Waals surface area contributed by atoms with Gasteiger partial charge in [0.1, 0.15) is 5.75 Å². The molecule has 1 fully saturated rings. The lowest BCUT2D eigenvalue weighted by atomic mass is 10.1. The second kappa shape index (κ2) is 8.99. The zero-order valence-corrected chi connectivity index (χ0v) is 16.9. The second-order valence-electron chi connectivity index (χ2n) is 7.67. The highest BCUT2D eigenvalue weighted by Gasteiger charge is 2.16. The minimum atomic E-state index is -0.562. The molecule has 0 bridgehead atoms. The van der Waals surface area contributed by atoms with Crippen LogP contribution in [0, 0.1) is 0 Å². The SMILES string of the molecule is CC(Oc1cccc2ccccc12)C(=O)NCc1ccc(N2CCCCC2)cc1. The summed E-state index contributed by atoms with van der Waals surface area (Å²) in [6.45, 7) is 4.57. The minimum Gasteiger partial charge on any atom is -0.480 e. The van der Waals surface area contributed by atoms with Crippen LogP contribution in [0.4, 0.5) is 5.69 Å². The lowest BCUT2D eigenvalue weighted by Gasteiger charge is -2.28. The van der Waals surface area contributed by atoms with Gasteiger partial charge in [-0.15, -0.1) is 0 Å². The van der Waals surface area contributed by atoms with Crippen molar-refractivity contribution >= 4 is 22.4 Å². The Labute approximate surface area is 172 Å². The molecule has 1 aliphatic heterocycles. The lowest BCUT2D eigenvalue weighted by Crippen LogP contribution is -2.36. The van der Waals surface area contributed by atoms with E-state index in [1.54, 1.807) is 6.92 Å². The Kier molecular flexibility index (Phi) is 5.99. The fourth-order valence-corrected chi connectivity index (χ4v) is 3.85. The van der Waals surface area contributed by atoms with Crippen molar-refractivity contribution in [3.05, 3.63) is 72.3 Å².